The van der Waals surface area contributed by atoms with E-state index in [9.17, 15) is 5.21 Å². The van der Waals surface area contributed by atoms with Gasteiger partial charge in [0.15, 0.2) is 0 Å². The summed E-state index contributed by atoms with van der Waals surface area (Å²) in [6, 6.07) is 0. The number of hydroxylamine groups is 2. The van der Waals surface area contributed by atoms with Gasteiger partial charge in [0.2, 0.25) is 0 Å². The lowest BCUT2D eigenvalue weighted by Gasteiger charge is -2.14. The smallest absolute Gasteiger partial charge is 0.0766 e. The number of unbranched alkanes of at least 4 members (excludes halogenated alkanes) is 2. The van der Waals surface area contributed by atoms with Gasteiger partial charge in [0, 0.05) is 0 Å². The normalized spacial score (nSPS) is 12.3. The van der Waals surface area contributed by atoms with E-state index in [0.29, 0.717) is 5.06 Å². The summed E-state index contributed by atoms with van der Waals surface area (Å²) < 4.78 is 0. The van der Waals surface area contributed by atoms with Crippen molar-refractivity contribution in [1.82, 2.24) is 0 Å². The lowest BCUT2D eigenvalue weighted by atomic mass is 10.2. The topological polar surface area (TPSA) is 27.5 Å². The van der Waals surface area contributed by atoms with E-state index in [2.05, 4.69) is 6.92 Å². The summed E-state index contributed by atoms with van der Waals surface area (Å²) in [5.74, 6) is 0. The number of rotatable bonds is 4. The second-order valence-corrected chi connectivity index (χ2v) is 2.16. The average molecular weight is 244 g/mol. The number of quaternary nitrogens is 1. The zero-order valence-corrected chi connectivity index (χ0v) is 8.27. The quantitative estimate of drug-likeness (QED) is 0.323. The highest BCUT2D eigenvalue weighted by Crippen LogP contribution is 1.88. The second-order valence-electron chi connectivity index (χ2n) is 2.16. The van der Waals surface area contributed by atoms with Gasteiger partial charge in [0.05, 0.1) is 13.6 Å². The Morgan fingerprint density at radius 1 is 1.33 bits per heavy atom. The monoisotopic (exact) mass is 244 g/mol. The maximum absolute atomic E-state index is 10.3. The number of nitrogens with one attached hydrogen (secondary N) is 1. The molecule has 0 aromatic rings. The molecule has 1 atom stereocenters. The van der Waals surface area contributed by atoms with Crippen molar-refractivity contribution in [3.63, 3.8) is 0 Å². The van der Waals surface area contributed by atoms with Crippen LogP contribution in [0.25, 0.3) is 0 Å². The minimum Gasteiger partial charge on any atom is -1.00 e. The van der Waals surface area contributed by atoms with E-state index in [1.807, 2.05) is 0 Å². The van der Waals surface area contributed by atoms with Crippen molar-refractivity contribution in [3.8, 4) is 0 Å². The van der Waals surface area contributed by atoms with E-state index in [1.54, 1.807) is 7.05 Å². The van der Waals surface area contributed by atoms with Gasteiger partial charge in [0.1, 0.15) is 0 Å². The van der Waals surface area contributed by atoms with Crippen molar-refractivity contribution >= 4 is 0 Å². The third-order valence-corrected chi connectivity index (χ3v) is 1.13. The Labute approximate surface area is 74.2 Å². The zero-order valence-electron chi connectivity index (χ0n) is 6.11. The Balaban J connectivity index is 0. The molecule has 0 radical (unpaired) electrons. The second kappa shape index (κ2) is 8.65. The van der Waals surface area contributed by atoms with E-state index < -0.39 is 0 Å². The fraction of sp³-hybridized carbons (Fsp3) is 1.00. The first-order valence-corrected chi connectivity index (χ1v) is 3.26. The maximum Gasteiger partial charge on any atom is 0.0766 e. The highest BCUT2D eigenvalue weighted by molar-refractivity contribution is 4.32. The predicted octanol–water partition coefficient (Wildman–Crippen LogP) is -2.81. The van der Waals surface area contributed by atoms with Crippen molar-refractivity contribution in [1.29, 1.82) is 0 Å². The number of halogens is 1. The molecule has 0 aliphatic rings. The third kappa shape index (κ3) is 12.0. The van der Waals surface area contributed by atoms with Crippen molar-refractivity contribution < 1.29 is 29.0 Å². The summed E-state index contributed by atoms with van der Waals surface area (Å²) in [6.45, 7) is 2.91. The molecule has 58 valence electrons. The molecule has 0 aromatic heterocycles. The molecule has 1 N–H and O–H groups in total. The molecule has 1 unspecified atom stereocenters. The Kier molecular flexibility index (Phi) is 11.9. The van der Waals surface area contributed by atoms with Gasteiger partial charge in [0.25, 0.3) is 0 Å². The summed E-state index contributed by atoms with van der Waals surface area (Å²) in [4.78, 5) is 0. The van der Waals surface area contributed by atoms with Crippen molar-refractivity contribution in [3.05, 3.63) is 5.21 Å². The summed E-state index contributed by atoms with van der Waals surface area (Å²) in [5, 5.41) is 10.6. The minimum absolute atomic E-state index is 0. The molecule has 0 aliphatic heterocycles. The zero-order chi connectivity index (χ0) is 6.41. The van der Waals surface area contributed by atoms with Gasteiger partial charge in [-0.05, 0) is 12.8 Å². The van der Waals surface area contributed by atoms with Crippen LogP contribution >= 0.6 is 0 Å². The Bertz CT molecular complexity index is 50.3. The van der Waals surface area contributed by atoms with Gasteiger partial charge in [-0.25, -0.2) is 0 Å². The van der Waals surface area contributed by atoms with Crippen LogP contribution in [0.2, 0.25) is 0 Å². The predicted molar refractivity (Wildman–Crippen MR) is 34.6 cm³/mol. The van der Waals surface area contributed by atoms with Gasteiger partial charge in [-0.3, -0.25) is 0 Å². The van der Waals surface area contributed by atoms with Gasteiger partial charge >= 0.3 is 0 Å². The van der Waals surface area contributed by atoms with Gasteiger partial charge in [-0.2, -0.15) is 0 Å². The molecular weight excluding hydrogens is 229 g/mol. The van der Waals surface area contributed by atoms with Crippen LogP contribution in [0.4, 0.5) is 0 Å². The molecule has 0 aliphatic carbocycles. The Morgan fingerprint density at radius 2 is 1.89 bits per heavy atom. The van der Waals surface area contributed by atoms with Crippen LogP contribution < -0.4 is 29.0 Å². The van der Waals surface area contributed by atoms with E-state index in [1.165, 1.54) is 12.8 Å². The standard InChI is InChI=1S/C6H15NO.HI/c1-3-4-5-6-7(2)8;/h7H,3-6H2,1-2H3;1H/p-1. The molecule has 9 heavy (non-hydrogen) atoms. The molecule has 2 nitrogen and oxygen atoms in total. The molecule has 0 fully saturated rings. The first-order valence-electron chi connectivity index (χ1n) is 3.26. The van der Waals surface area contributed by atoms with E-state index in [-0.39, 0.29) is 24.0 Å². The van der Waals surface area contributed by atoms with E-state index >= 15 is 0 Å². The molecule has 0 rings (SSSR count). The first-order chi connectivity index (χ1) is 3.77. The minimum atomic E-state index is 0. The van der Waals surface area contributed by atoms with Crippen molar-refractivity contribution in [2.45, 2.75) is 26.2 Å². The fourth-order valence-electron chi connectivity index (χ4n) is 0.624. The maximum atomic E-state index is 10.3. The molecule has 0 amide bonds. The summed E-state index contributed by atoms with van der Waals surface area (Å²) in [6.07, 6.45) is 3.47. The lowest BCUT2D eigenvalue weighted by molar-refractivity contribution is -0.826. The third-order valence-electron chi connectivity index (χ3n) is 1.13. The van der Waals surface area contributed by atoms with Crippen LogP contribution in [0.1, 0.15) is 26.2 Å². The van der Waals surface area contributed by atoms with Crippen LogP contribution in [0.5, 0.6) is 0 Å². The molecule has 3 heteroatoms. The van der Waals surface area contributed by atoms with Crippen LogP contribution in [0, 0.1) is 5.21 Å². The number of hydrogen-bond acceptors (Lipinski definition) is 1. The van der Waals surface area contributed by atoms with E-state index in [0.717, 1.165) is 13.0 Å². The Morgan fingerprint density at radius 3 is 2.22 bits per heavy atom. The molecule has 0 heterocycles. The summed E-state index contributed by atoms with van der Waals surface area (Å²) in [7, 11) is 1.65. The van der Waals surface area contributed by atoms with Crippen LogP contribution in [-0.4, -0.2) is 13.6 Å². The highest BCUT2D eigenvalue weighted by Gasteiger charge is 1.86. The summed E-state index contributed by atoms with van der Waals surface area (Å²) in [5.41, 5.74) is 0. The summed E-state index contributed by atoms with van der Waals surface area (Å²) >= 11 is 0. The molecule has 0 aromatic carbocycles. The molecule has 0 saturated heterocycles. The largest absolute Gasteiger partial charge is 1.00 e. The highest BCUT2D eigenvalue weighted by atomic mass is 127. The van der Waals surface area contributed by atoms with Crippen LogP contribution in [-0.2, 0) is 0 Å². The molecule has 0 bridgehead atoms. The van der Waals surface area contributed by atoms with Gasteiger partial charge in [-0.15, -0.1) is 0 Å². The van der Waals surface area contributed by atoms with Gasteiger partial charge in [-0.1, -0.05) is 13.3 Å². The molecule has 0 spiro atoms. The van der Waals surface area contributed by atoms with Crippen molar-refractivity contribution in [2.24, 2.45) is 0 Å². The first kappa shape index (κ1) is 12.3. The van der Waals surface area contributed by atoms with E-state index in [4.69, 9.17) is 0 Å². The van der Waals surface area contributed by atoms with Crippen LogP contribution in [0.3, 0.4) is 0 Å². The number of hydrogen-bond donors (Lipinski definition) is 1. The lowest BCUT2D eigenvalue weighted by Crippen LogP contribution is -3.03. The Hall–Kier alpha value is 0.650. The SMILES string of the molecule is CCCCC[NH+](C)[O-].[I-]. The van der Waals surface area contributed by atoms with Gasteiger partial charge < -0.3 is 34.2 Å². The molecule has 0 saturated carbocycles. The molecular formula is C6H15INO-. The average Bonchev–Trinajstić information content (AvgIpc) is 1.66. The van der Waals surface area contributed by atoms with Crippen molar-refractivity contribution in [2.75, 3.05) is 13.6 Å². The van der Waals surface area contributed by atoms with Crippen LogP contribution in [0.15, 0.2) is 0 Å². The fourth-order valence-corrected chi connectivity index (χ4v) is 0.624.